The summed E-state index contributed by atoms with van der Waals surface area (Å²) in [7, 11) is 0. The highest BCUT2D eigenvalue weighted by Crippen LogP contribution is 2.29. The fraction of sp³-hybridized carbons (Fsp3) is 0.467. The van der Waals surface area contributed by atoms with Crippen LogP contribution in [0.25, 0.3) is 0 Å². The number of carbonyl (C=O) groups is 2. The Bertz CT molecular complexity index is 500. The molecule has 1 aliphatic carbocycles. The summed E-state index contributed by atoms with van der Waals surface area (Å²) in [4.78, 5) is 25.7. The van der Waals surface area contributed by atoms with E-state index in [4.69, 9.17) is 5.11 Å². The van der Waals surface area contributed by atoms with E-state index < -0.39 is 5.97 Å². The fourth-order valence-corrected chi connectivity index (χ4v) is 2.97. The number of hydrogen-bond acceptors (Lipinski definition) is 3. The van der Waals surface area contributed by atoms with Crippen LogP contribution >= 0.6 is 11.8 Å². The van der Waals surface area contributed by atoms with E-state index in [1.54, 1.807) is 4.90 Å². The van der Waals surface area contributed by atoms with Crippen LogP contribution in [0.5, 0.6) is 0 Å². The molecule has 0 unspecified atom stereocenters. The van der Waals surface area contributed by atoms with Crippen molar-refractivity contribution in [1.82, 2.24) is 4.90 Å². The van der Waals surface area contributed by atoms with Crippen LogP contribution < -0.4 is 0 Å². The van der Waals surface area contributed by atoms with Gasteiger partial charge in [-0.1, -0.05) is 18.2 Å². The lowest BCUT2D eigenvalue weighted by atomic mass is 10.2. The highest BCUT2D eigenvalue weighted by Gasteiger charge is 2.32. The Balaban J connectivity index is 1.88. The van der Waals surface area contributed by atoms with Crippen LogP contribution in [-0.2, 0) is 9.59 Å². The van der Waals surface area contributed by atoms with Crippen molar-refractivity contribution in [3.8, 4) is 0 Å². The summed E-state index contributed by atoms with van der Waals surface area (Å²) in [5.74, 6) is -0.432. The van der Waals surface area contributed by atoms with Gasteiger partial charge in [-0.3, -0.25) is 9.59 Å². The molecule has 1 N–H and O–H groups in total. The zero-order valence-electron chi connectivity index (χ0n) is 11.5. The largest absolute Gasteiger partial charge is 0.481 e. The number of aryl methyl sites for hydroxylation is 1. The first-order valence-corrected chi connectivity index (χ1v) is 7.76. The molecule has 0 heterocycles. The number of nitrogens with zero attached hydrogens (tertiary/aromatic N) is 1. The minimum Gasteiger partial charge on any atom is -0.481 e. The minimum absolute atomic E-state index is 0.0251. The van der Waals surface area contributed by atoms with E-state index in [1.165, 1.54) is 11.8 Å². The first kappa shape index (κ1) is 14.9. The van der Waals surface area contributed by atoms with Crippen molar-refractivity contribution in [1.29, 1.82) is 0 Å². The summed E-state index contributed by atoms with van der Waals surface area (Å²) in [5.41, 5.74) is 1.16. The molecule has 2 rings (SSSR count). The molecule has 108 valence electrons. The van der Waals surface area contributed by atoms with Crippen LogP contribution in [0.1, 0.15) is 24.8 Å². The maximum absolute atomic E-state index is 12.2. The molecule has 0 aromatic heterocycles. The predicted octanol–water partition coefficient (Wildman–Crippen LogP) is 2.55. The first-order chi connectivity index (χ1) is 9.58. The second-order valence-corrected chi connectivity index (χ2v) is 6.03. The molecule has 1 aliphatic rings. The molecule has 20 heavy (non-hydrogen) atoms. The average Bonchev–Trinajstić information content (AvgIpc) is 3.22. The van der Waals surface area contributed by atoms with Gasteiger partial charge in [-0.15, -0.1) is 11.8 Å². The summed E-state index contributed by atoms with van der Waals surface area (Å²) in [6.45, 7) is 2.35. The predicted molar refractivity (Wildman–Crippen MR) is 78.9 cm³/mol. The normalized spacial score (nSPS) is 14.1. The van der Waals surface area contributed by atoms with E-state index in [0.29, 0.717) is 12.3 Å². The molecule has 0 spiro atoms. The van der Waals surface area contributed by atoms with Crippen LogP contribution in [0.15, 0.2) is 29.2 Å². The van der Waals surface area contributed by atoms with Gasteiger partial charge in [-0.25, -0.2) is 0 Å². The summed E-state index contributed by atoms with van der Waals surface area (Å²) in [6, 6.07) is 8.23. The van der Waals surface area contributed by atoms with Crippen molar-refractivity contribution < 1.29 is 14.7 Å². The lowest BCUT2D eigenvalue weighted by Gasteiger charge is -2.21. The molecule has 1 amide bonds. The topological polar surface area (TPSA) is 57.6 Å². The van der Waals surface area contributed by atoms with E-state index in [9.17, 15) is 9.59 Å². The van der Waals surface area contributed by atoms with Gasteiger partial charge in [0, 0.05) is 17.5 Å². The van der Waals surface area contributed by atoms with Crippen LogP contribution in [-0.4, -0.2) is 40.2 Å². The number of carboxylic acid groups (broad SMARTS) is 1. The maximum atomic E-state index is 12.2. The number of benzene rings is 1. The van der Waals surface area contributed by atoms with Crippen LogP contribution in [0.3, 0.4) is 0 Å². The van der Waals surface area contributed by atoms with Crippen LogP contribution in [0.2, 0.25) is 0 Å². The lowest BCUT2D eigenvalue weighted by molar-refractivity contribution is -0.138. The highest BCUT2D eigenvalue weighted by atomic mass is 32.2. The average molecular weight is 293 g/mol. The molecule has 0 aliphatic heterocycles. The van der Waals surface area contributed by atoms with Crippen LogP contribution in [0.4, 0.5) is 0 Å². The second kappa shape index (κ2) is 6.79. The maximum Gasteiger partial charge on any atom is 0.305 e. The molecule has 1 saturated carbocycles. The Kier molecular flexibility index (Phi) is 5.06. The minimum atomic E-state index is -0.852. The van der Waals surface area contributed by atoms with Gasteiger partial charge in [0.15, 0.2) is 0 Å². The van der Waals surface area contributed by atoms with Gasteiger partial charge >= 0.3 is 5.97 Å². The Morgan fingerprint density at radius 2 is 2.05 bits per heavy atom. The van der Waals surface area contributed by atoms with Gasteiger partial charge in [0.1, 0.15) is 0 Å². The summed E-state index contributed by atoms with van der Waals surface area (Å²) >= 11 is 1.52. The van der Waals surface area contributed by atoms with Crippen molar-refractivity contribution in [2.75, 3.05) is 12.3 Å². The van der Waals surface area contributed by atoms with Gasteiger partial charge in [0.25, 0.3) is 0 Å². The fourth-order valence-electron chi connectivity index (χ4n) is 2.05. The molecule has 1 fully saturated rings. The van der Waals surface area contributed by atoms with E-state index in [1.807, 2.05) is 31.2 Å². The number of rotatable bonds is 7. The van der Waals surface area contributed by atoms with Crippen molar-refractivity contribution in [3.05, 3.63) is 29.8 Å². The number of amides is 1. The molecule has 0 saturated heterocycles. The molecule has 1 aromatic rings. The molecule has 0 atom stereocenters. The molecule has 0 radical (unpaired) electrons. The molecular weight excluding hydrogens is 274 g/mol. The zero-order valence-corrected chi connectivity index (χ0v) is 12.4. The van der Waals surface area contributed by atoms with Crippen LogP contribution in [0, 0.1) is 6.92 Å². The van der Waals surface area contributed by atoms with Gasteiger partial charge in [-0.2, -0.15) is 0 Å². The quantitative estimate of drug-likeness (QED) is 0.785. The second-order valence-electron chi connectivity index (χ2n) is 5.02. The van der Waals surface area contributed by atoms with Gasteiger partial charge in [0.2, 0.25) is 5.91 Å². The standard InChI is InChI=1S/C15H19NO3S/c1-11-4-2-3-5-13(11)20-10-14(17)16(12-6-7-12)9-8-15(18)19/h2-5,12H,6-10H2,1H3,(H,18,19). The zero-order chi connectivity index (χ0) is 14.5. The van der Waals surface area contributed by atoms with Crippen molar-refractivity contribution in [2.24, 2.45) is 0 Å². The van der Waals surface area contributed by atoms with E-state index >= 15 is 0 Å². The van der Waals surface area contributed by atoms with Gasteiger partial charge in [-0.05, 0) is 31.4 Å². The molecular formula is C15H19NO3S. The lowest BCUT2D eigenvalue weighted by Crippen LogP contribution is -2.36. The first-order valence-electron chi connectivity index (χ1n) is 6.77. The monoisotopic (exact) mass is 293 g/mol. The third kappa shape index (κ3) is 4.27. The Labute approximate surface area is 123 Å². The van der Waals surface area contributed by atoms with Crippen molar-refractivity contribution >= 4 is 23.6 Å². The third-order valence-corrected chi connectivity index (χ3v) is 4.48. The molecule has 0 bridgehead atoms. The third-order valence-electron chi connectivity index (χ3n) is 3.32. The summed E-state index contributed by atoms with van der Waals surface area (Å²) in [5, 5.41) is 8.75. The highest BCUT2D eigenvalue weighted by molar-refractivity contribution is 8.00. The Hall–Kier alpha value is -1.49. The molecule has 4 nitrogen and oxygen atoms in total. The van der Waals surface area contributed by atoms with E-state index in [0.717, 1.165) is 23.3 Å². The number of aliphatic carboxylic acids is 1. The number of thioether (sulfide) groups is 1. The smallest absolute Gasteiger partial charge is 0.305 e. The van der Waals surface area contributed by atoms with E-state index in [-0.39, 0.29) is 18.4 Å². The Morgan fingerprint density at radius 3 is 2.65 bits per heavy atom. The SMILES string of the molecule is Cc1ccccc1SCC(=O)N(CCC(=O)O)C1CC1. The van der Waals surface area contributed by atoms with Crippen molar-refractivity contribution in [2.45, 2.75) is 37.1 Å². The summed E-state index contributed by atoms with van der Waals surface area (Å²) in [6.07, 6.45) is 2.03. The molecule has 5 heteroatoms. The number of hydrogen-bond donors (Lipinski definition) is 1. The molecule has 1 aromatic carbocycles. The number of carbonyl (C=O) groups excluding carboxylic acids is 1. The van der Waals surface area contributed by atoms with Gasteiger partial charge in [0.05, 0.1) is 12.2 Å². The Morgan fingerprint density at radius 1 is 1.35 bits per heavy atom. The van der Waals surface area contributed by atoms with Gasteiger partial charge < -0.3 is 10.0 Å². The summed E-state index contributed by atoms with van der Waals surface area (Å²) < 4.78 is 0. The number of carboxylic acids is 1. The van der Waals surface area contributed by atoms with Crippen molar-refractivity contribution in [3.63, 3.8) is 0 Å². The van der Waals surface area contributed by atoms with E-state index in [2.05, 4.69) is 0 Å².